The van der Waals surface area contributed by atoms with Crippen molar-refractivity contribution in [2.24, 2.45) is 0 Å². The van der Waals surface area contributed by atoms with Gasteiger partial charge in [0.05, 0.1) is 5.69 Å². The van der Waals surface area contributed by atoms with Crippen molar-refractivity contribution >= 4 is 70.1 Å². The van der Waals surface area contributed by atoms with Crippen LogP contribution in [0.5, 0.6) is 0 Å². The maximum atomic E-state index is 2.35. The lowest BCUT2D eigenvalue weighted by atomic mass is 9.96. The van der Waals surface area contributed by atoms with Crippen molar-refractivity contribution in [3.63, 3.8) is 0 Å². The molecule has 244 valence electrons. The number of benzene rings is 9. The van der Waals surface area contributed by atoms with Gasteiger partial charge in [-0.1, -0.05) is 164 Å². The summed E-state index contributed by atoms with van der Waals surface area (Å²) in [6.07, 6.45) is 0. The molecule has 0 fully saturated rings. The van der Waals surface area contributed by atoms with E-state index in [1.807, 2.05) is 11.3 Å². The highest BCUT2D eigenvalue weighted by Gasteiger charge is 2.16. The SMILES string of the molecule is c1ccc(N(c2ccc(-c3ccc(-c4cccc(-c5cccc6c5sc5c7ccccc7ccc65)c4)cc3)cc2)c2cccc3ccccc23)cc1. The Morgan fingerprint density at radius 3 is 1.63 bits per heavy atom. The first-order valence-electron chi connectivity index (χ1n) is 17.8. The lowest BCUT2D eigenvalue weighted by Gasteiger charge is -2.27. The Morgan fingerprint density at radius 1 is 0.308 bits per heavy atom. The van der Waals surface area contributed by atoms with Gasteiger partial charge in [0.15, 0.2) is 0 Å². The van der Waals surface area contributed by atoms with Gasteiger partial charge in [0.1, 0.15) is 0 Å². The van der Waals surface area contributed by atoms with E-state index in [9.17, 15) is 0 Å². The fraction of sp³-hybridized carbons (Fsp3) is 0. The molecule has 0 spiro atoms. The van der Waals surface area contributed by atoms with Crippen LogP contribution in [0, 0.1) is 0 Å². The van der Waals surface area contributed by atoms with Gasteiger partial charge in [0.2, 0.25) is 0 Å². The smallest absolute Gasteiger partial charge is 0.0540 e. The van der Waals surface area contributed by atoms with E-state index in [0.29, 0.717) is 0 Å². The summed E-state index contributed by atoms with van der Waals surface area (Å²) in [5.41, 5.74) is 10.8. The minimum atomic E-state index is 1.13. The van der Waals surface area contributed by atoms with Crippen molar-refractivity contribution < 1.29 is 0 Å². The number of nitrogens with zero attached hydrogens (tertiary/aromatic N) is 1. The fourth-order valence-corrected chi connectivity index (χ4v) is 9.06. The summed E-state index contributed by atoms with van der Waals surface area (Å²) in [5.74, 6) is 0. The Kier molecular flexibility index (Phi) is 7.41. The van der Waals surface area contributed by atoms with Gasteiger partial charge in [-0.05, 0) is 85.9 Å². The first-order valence-corrected chi connectivity index (χ1v) is 18.6. The molecule has 1 aromatic heterocycles. The minimum Gasteiger partial charge on any atom is -0.310 e. The Bertz CT molecular complexity index is 2880. The van der Waals surface area contributed by atoms with E-state index in [2.05, 4.69) is 205 Å². The molecular weight excluding hydrogens is 647 g/mol. The van der Waals surface area contributed by atoms with Crippen LogP contribution in [-0.4, -0.2) is 0 Å². The number of para-hydroxylation sites is 1. The maximum absolute atomic E-state index is 2.35. The molecule has 1 nitrogen and oxygen atoms in total. The largest absolute Gasteiger partial charge is 0.310 e. The summed E-state index contributed by atoms with van der Waals surface area (Å²) in [7, 11) is 0. The van der Waals surface area contributed by atoms with Gasteiger partial charge in [0, 0.05) is 36.9 Å². The molecule has 2 heteroatoms. The van der Waals surface area contributed by atoms with E-state index in [0.717, 1.165) is 11.4 Å². The highest BCUT2D eigenvalue weighted by atomic mass is 32.1. The van der Waals surface area contributed by atoms with E-state index < -0.39 is 0 Å². The predicted octanol–water partition coefficient (Wildman–Crippen LogP) is 14.8. The Balaban J connectivity index is 0.968. The highest BCUT2D eigenvalue weighted by molar-refractivity contribution is 7.27. The van der Waals surface area contributed by atoms with Crippen LogP contribution in [0.3, 0.4) is 0 Å². The molecule has 0 aliphatic rings. The monoisotopic (exact) mass is 679 g/mol. The van der Waals surface area contributed by atoms with Crippen molar-refractivity contribution in [2.45, 2.75) is 0 Å². The normalized spacial score (nSPS) is 11.5. The zero-order valence-electron chi connectivity index (χ0n) is 28.4. The molecule has 9 aromatic carbocycles. The molecule has 52 heavy (non-hydrogen) atoms. The molecule has 10 rings (SSSR count). The second-order valence-corrected chi connectivity index (χ2v) is 14.3. The van der Waals surface area contributed by atoms with Crippen molar-refractivity contribution in [1.82, 2.24) is 0 Å². The van der Waals surface area contributed by atoms with Gasteiger partial charge in [-0.25, -0.2) is 0 Å². The summed E-state index contributed by atoms with van der Waals surface area (Å²) in [6, 6.07) is 72.7. The summed E-state index contributed by atoms with van der Waals surface area (Å²) >= 11 is 1.91. The number of anilines is 3. The topological polar surface area (TPSA) is 3.24 Å². The lowest BCUT2D eigenvalue weighted by Crippen LogP contribution is -2.10. The van der Waals surface area contributed by atoms with Crippen LogP contribution in [0.15, 0.2) is 200 Å². The molecule has 0 unspecified atom stereocenters. The number of rotatable bonds is 6. The van der Waals surface area contributed by atoms with Crippen LogP contribution in [0.25, 0.3) is 75.1 Å². The van der Waals surface area contributed by atoms with Crippen LogP contribution < -0.4 is 4.90 Å². The minimum absolute atomic E-state index is 1.13. The van der Waals surface area contributed by atoms with Crippen molar-refractivity contribution in [3.05, 3.63) is 200 Å². The molecule has 0 N–H and O–H groups in total. The number of fused-ring (bicyclic) bond motifs is 6. The van der Waals surface area contributed by atoms with E-state index in [4.69, 9.17) is 0 Å². The number of hydrogen-bond acceptors (Lipinski definition) is 2. The second kappa shape index (κ2) is 12.7. The van der Waals surface area contributed by atoms with Crippen LogP contribution in [0.4, 0.5) is 17.1 Å². The van der Waals surface area contributed by atoms with Gasteiger partial charge in [-0.2, -0.15) is 0 Å². The Labute approximate surface area is 307 Å². The number of thiophene rings is 1. The predicted molar refractivity (Wildman–Crippen MR) is 225 cm³/mol. The van der Waals surface area contributed by atoms with Crippen LogP contribution in [0.2, 0.25) is 0 Å². The van der Waals surface area contributed by atoms with Crippen molar-refractivity contribution in [1.29, 1.82) is 0 Å². The van der Waals surface area contributed by atoms with Gasteiger partial charge in [0.25, 0.3) is 0 Å². The molecule has 0 radical (unpaired) electrons. The highest BCUT2D eigenvalue weighted by Crippen LogP contribution is 2.44. The zero-order valence-corrected chi connectivity index (χ0v) is 29.2. The quantitative estimate of drug-likeness (QED) is 0.169. The van der Waals surface area contributed by atoms with E-state index in [1.54, 1.807) is 0 Å². The second-order valence-electron chi connectivity index (χ2n) is 13.3. The molecule has 0 aliphatic carbocycles. The van der Waals surface area contributed by atoms with Crippen LogP contribution in [0.1, 0.15) is 0 Å². The molecule has 0 aliphatic heterocycles. The fourth-order valence-electron chi connectivity index (χ4n) is 7.69. The summed E-state index contributed by atoms with van der Waals surface area (Å²) in [6.45, 7) is 0. The van der Waals surface area contributed by atoms with Gasteiger partial charge in [-0.15, -0.1) is 11.3 Å². The van der Waals surface area contributed by atoms with E-state index >= 15 is 0 Å². The molecule has 0 atom stereocenters. The van der Waals surface area contributed by atoms with E-state index in [1.165, 1.54) is 80.8 Å². The van der Waals surface area contributed by atoms with E-state index in [-0.39, 0.29) is 0 Å². The summed E-state index contributed by atoms with van der Waals surface area (Å²) in [4.78, 5) is 2.35. The van der Waals surface area contributed by atoms with Gasteiger partial charge in [-0.3, -0.25) is 0 Å². The zero-order chi connectivity index (χ0) is 34.4. The van der Waals surface area contributed by atoms with Crippen molar-refractivity contribution in [3.8, 4) is 33.4 Å². The van der Waals surface area contributed by atoms with Crippen molar-refractivity contribution in [2.75, 3.05) is 4.90 Å². The Morgan fingerprint density at radius 2 is 0.846 bits per heavy atom. The molecule has 1 heterocycles. The lowest BCUT2D eigenvalue weighted by molar-refractivity contribution is 1.30. The molecule has 0 saturated heterocycles. The van der Waals surface area contributed by atoms with Gasteiger partial charge < -0.3 is 4.90 Å². The molecule has 0 saturated carbocycles. The number of hydrogen-bond donors (Lipinski definition) is 0. The Hall–Kier alpha value is -6.48. The average Bonchev–Trinajstić information content (AvgIpc) is 3.62. The molecule has 0 amide bonds. The molecular formula is C50H33NS. The third-order valence-corrected chi connectivity index (χ3v) is 11.5. The standard InChI is InChI=1S/C50H33NS/c1-2-16-41(17-3-1)51(48-22-9-13-37-11-4-6-18-43(37)48)42-30-27-35(28-31-42)34-23-25-36(26-24-34)39-14-8-15-40(33-39)45-20-10-21-46-47-32-29-38-12-5-7-19-44(38)49(47)52-50(45)46/h1-33H. The molecule has 10 aromatic rings. The third kappa shape index (κ3) is 5.24. The van der Waals surface area contributed by atoms with Gasteiger partial charge >= 0.3 is 0 Å². The summed E-state index contributed by atoms with van der Waals surface area (Å²) < 4.78 is 2.71. The molecule has 0 bridgehead atoms. The average molecular weight is 680 g/mol. The van der Waals surface area contributed by atoms with Crippen LogP contribution >= 0.6 is 11.3 Å². The first-order chi connectivity index (χ1) is 25.8. The summed E-state index contributed by atoms with van der Waals surface area (Å²) in [5, 5.41) is 7.74. The maximum Gasteiger partial charge on any atom is 0.0540 e. The van der Waals surface area contributed by atoms with Crippen LogP contribution in [-0.2, 0) is 0 Å². The third-order valence-electron chi connectivity index (χ3n) is 10.3. The first kappa shape index (κ1) is 30.4.